The van der Waals surface area contributed by atoms with Crippen LogP contribution in [-0.4, -0.2) is 44.3 Å². The van der Waals surface area contributed by atoms with E-state index in [1.165, 1.54) is 13.0 Å². The lowest BCUT2D eigenvalue weighted by Gasteiger charge is -2.29. The minimum absolute atomic E-state index is 0.298. The van der Waals surface area contributed by atoms with Crippen LogP contribution in [-0.2, 0) is 14.3 Å². The predicted molar refractivity (Wildman–Crippen MR) is 87.8 cm³/mol. The normalized spacial score (nSPS) is 21.0. The van der Waals surface area contributed by atoms with Crippen LogP contribution >= 0.6 is 0 Å². The number of piperazine rings is 1. The first-order valence-corrected chi connectivity index (χ1v) is 7.92. The van der Waals surface area contributed by atoms with E-state index >= 15 is 0 Å². The summed E-state index contributed by atoms with van der Waals surface area (Å²) in [5.74, 6) is -1.22. The standard InChI is InChI=1S/C17H20FN3O3/c1-10-15(17(23)24-16(10)20-11(2)22)12-3-4-14(13(18)9-12)21-7-5-19-6-8-21/h3-4,9,16,19H,5-8H2,1-2H3,(H,20,22)/t16-/m1/s1. The van der Waals surface area contributed by atoms with E-state index in [0.717, 1.165) is 26.2 Å². The Balaban J connectivity index is 1.89. The molecule has 0 spiro atoms. The third kappa shape index (κ3) is 3.12. The summed E-state index contributed by atoms with van der Waals surface area (Å²) in [7, 11) is 0. The van der Waals surface area contributed by atoms with Gasteiger partial charge in [-0.3, -0.25) is 4.79 Å². The molecule has 0 unspecified atom stereocenters. The molecule has 7 heteroatoms. The first kappa shape index (κ1) is 16.4. The van der Waals surface area contributed by atoms with Crippen LogP contribution in [0.5, 0.6) is 0 Å². The van der Waals surface area contributed by atoms with Gasteiger partial charge in [0.2, 0.25) is 5.91 Å². The van der Waals surface area contributed by atoms with Crippen LogP contribution in [0.1, 0.15) is 19.4 Å². The van der Waals surface area contributed by atoms with Crippen LogP contribution in [0.4, 0.5) is 10.1 Å². The fourth-order valence-corrected chi connectivity index (χ4v) is 3.04. The van der Waals surface area contributed by atoms with Crippen molar-refractivity contribution in [2.45, 2.75) is 20.1 Å². The molecule has 6 nitrogen and oxygen atoms in total. The molecule has 3 rings (SSSR count). The SMILES string of the molecule is CC(=O)N[C@@H]1OC(=O)C(c2ccc(N3CCNCC3)c(F)c2)=C1C. The molecule has 0 saturated carbocycles. The Hall–Kier alpha value is -2.41. The van der Waals surface area contributed by atoms with Gasteiger partial charge >= 0.3 is 5.97 Å². The maximum atomic E-state index is 14.5. The van der Waals surface area contributed by atoms with E-state index in [1.807, 2.05) is 4.90 Å². The summed E-state index contributed by atoms with van der Waals surface area (Å²) < 4.78 is 19.7. The lowest BCUT2D eigenvalue weighted by molar-refractivity contribution is -0.140. The van der Waals surface area contributed by atoms with Gasteiger partial charge in [-0.05, 0) is 24.6 Å². The number of hydrogen-bond acceptors (Lipinski definition) is 5. The van der Waals surface area contributed by atoms with Crippen molar-refractivity contribution in [3.8, 4) is 0 Å². The zero-order valence-corrected chi connectivity index (χ0v) is 13.7. The largest absolute Gasteiger partial charge is 0.434 e. The summed E-state index contributed by atoms with van der Waals surface area (Å²) in [4.78, 5) is 25.3. The fraction of sp³-hybridized carbons (Fsp3) is 0.412. The molecule has 0 aromatic heterocycles. The number of carbonyl (C=O) groups is 2. The van der Waals surface area contributed by atoms with E-state index in [2.05, 4.69) is 10.6 Å². The Morgan fingerprint density at radius 1 is 1.38 bits per heavy atom. The number of halogens is 1. The average molecular weight is 333 g/mol. The Morgan fingerprint density at radius 3 is 2.71 bits per heavy atom. The van der Waals surface area contributed by atoms with Gasteiger partial charge in [-0.2, -0.15) is 0 Å². The van der Waals surface area contributed by atoms with Gasteiger partial charge in [0.25, 0.3) is 0 Å². The first-order valence-electron chi connectivity index (χ1n) is 7.92. The number of cyclic esters (lactones) is 1. The van der Waals surface area contributed by atoms with Crippen LogP contribution in [0.3, 0.4) is 0 Å². The fourth-order valence-electron chi connectivity index (χ4n) is 3.04. The average Bonchev–Trinajstić information content (AvgIpc) is 2.81. The van der Waals surface area contributed by atoms with Gasteiger partial charge in [-0.25, -0.2) is 9.18 Å². The Labute approximate surface area is 139 Å². The highest BCUT2D eigenvalue weighted by atomic mass is 19.1. The first-order chi connectivity index (χ1) is 11.5. The number of benzene rings is 1. The summed E-state index contributed by atoms with van der Waals surface area (Å²) >= 11 is 0. The highest BCUT2D eigenvalue weighted by Gasteiger charge is 2.33. The summed E-state index contributed by atoms with van der Waals surface area (Å²) in [5, 5.41) is 5.78. The van der Waals surface area contributed by atoms with Crippen molar-refractivity contribution in [1.29, 1.82) is 0 Å². The number of anilines is 1. The Bertz CT molecular complexity index is 711. The summed E-state index contributed by atoms with van der Waals surface area (Å²) in [5.41, 5.74) is 1.87. The van der Waals surface area contributed by atoms with Gasteiger partial charge in [0.1, 0.15) is 5.82 Å². The second kappa shape index (κ2) is 6.60. The zero-order valence-electron chi connectivity index (χ0n) is 13.7. The van der Waals surface area contributed by atoms with Crippen molar-refractivity contribution in [1.82, 2.24) is 10.6 Å². The summed E-state index contributed by atoms with van der Waals surface area (Å²) in [6, 6.07) is 4.76. The van der Waals surface area contributed by atoms with Gasteiger partial charge in [-0.1, -0.05) is 6.07 Å². The predicted octanol–water partition coefficient (Wildman–Crippen LogP) is 1.03. The second-order valence-electron chi connectivity index (χ2n) is 5.95. The zero-order chi connectivity index (χ0) is 17.3. The molecule has 1 saturated heterocycles. The van der Waals surface area contributed by atoms with Crippen LogP contribution in [0.15, 0.2) is 23.8 Å². The molecule has 0 aliphatic carbocycles. The van der Waals surface area contributed by atoms with Crippen molar-refractivity contribution < 1.29 is 18.7 Å². The van der Waals surface area contributed by atoms with E-state index in [9.17, 15) is 14.0 Å². The Kier molecular flexibility index (Phi) is 4.53. The van der Waals surface area contributed by atoms with E-state index in [1.54, 1.807) is 19.1 Å². The molecular weight excluding hydrogens is 313 g/mol. The molecule has 0 bridgehead atoms. The third-order valence-electron chi connectivity index (χ3n) is 4.25. The molecule has 1 aromatic carbocycles. The molecule has 2 aliphatic rings. The molecule has 1 atom stereocenters. The minimum Gasteiger partial charge on any atom is -0.434 e. The molecular formula is C17H20FN3O3. The number of nitrogens with one attached hydrogen (secondary N) is 2. The van der Waals surface area contributed by atoms with Crippen molar-refractivity contribution in [3.05, 3.63) is 35.2 Å². The van der Waals surface area contributed by atoms with Crippen LogP contribution < -0.4 is 15.5 Å². The van der Waals surface area contributed by atoms with Crippen LogP contribution in [0, 0.1) is 5.82 Å². The van der Waals surface area contributed by atoms with Crippen LogP contribution in [0.2, 0.25) is 0 Å². The number of rotatable bonds is 3. The lowest BCUT2D eigenvalue weighted by Crippen LogP contribution is -2.43. The number of ether oxygens (including phenoxy) is 1. The molecule has 2 heterocycles. The highest BCUT2D eigenvalue weighted by Crippen LogP contribution is 2.32. The van der Waals surface area contributed by atoms with Gasteiger partial charge in [0, 0.05) is 38.7 Å². The monoisotopic (exact) mass is 333 g/mol. The highest BCUT2D eigenvalue weighted by molar-refractivity contribution is 6.19. The molecule has 1 aromatic rings. The number of amides is 1. The van der Waals surface area contributed by atoms with Gasteiger partial charge in [-0.15, -0.1) is 0 Å². The van der Waals surface area contributed by atoms with E-state index in [4.69, 9.17) is 4.74 Å². The van der Waals surface area contributed by atoms with E-state index in [-0.39, 0.29) is 11.7 Å². The third-order valence-corrected chi connectivity index (χ3v) is 4.25. The van der Waals surface area contributed by atoms with Crippen molar-refractivity contribution in [2.75, 3.05) is 31.1 Å². The van der Waals surface area contributed by atoms with Gasteiger partial charge in [0.05, 0.1) is 11.3 Å². The molecule has 2 N–H and O–H groups in total. The van der Waals surface area contributed by atoms with Gasteiger partial charge < -0.3 is 20.3 Å². The van der Waals surface area contributed by atoms with Crippen molar-refractivity contribution in [3.63, 3.8) is 0 Å². The smallest absolute Gasteiger partial charge is 0.341 e. The molecule has 128 valence electrons. The summed E-state index contributed by atoms with van der Waals surface area (Å²) in [6.07, 6.45) is -0.791. The molecule has 2 aliphatic heterocycles. The van der Waals surface area contributed by atoms with Crippen molar-refractivity contribution in [2.24, 2.45) is 0 Å². The molecule has 24 heavy (non-hydrogen) atoms. The molecule has 1 amide bonds. The number of hydrogen-bond donors (Lipinski definition) is 2. The maximum Gasteiger partial charge on any atom is 0.341 e. The van der Waals surface area contributed by atoms with E-state index < -0.39 is 12.2 Å². The number of carbonyl (C=O) groups excluding carboxylic acids is 2. The lowest BCUT2D eigenvalue weighted by atomic mass is 10.0. The van der Waals surface area contributed by atoms with E-state index in [0.29, 0.717) is 22.4 Å². The number of nitrogens with zero attached hydrogens (tertiary/aromatic N) is 1. The topological polar surface area (TPSA) is 70.7 Å². The van der Waals surface area contributed by atoms with Crippen molar-refractivity contribution >= 4 is 23.1 Å². The quantitative estimate of drug-likeness (QED) is 0.809. The second-order valence-corrected chi connectivity index (χ2v) is 5.95. The number of esters is 1. The minimum atomic E-state index is -0.791. The maximum absolute atomic E-state index is 14.5. The van der Waals surface area contributed by atoms with Crippen LogP contribution in [0.25, 0.3) is 5.57 Å². The molecule has 1 fully saturated rings. The Morgan fingerprint density at radius 2 is 2.08 bits per heavy atom. The molecule has 0 radical (unpaired) electrons. The summed E-state index contributed by atoms with van der Waals surface area (Å²) in [6.45, 7) is 6.16. The van der Waals surface area contributed by atoms with Gasteiger partial charge in [0.15, 0.2) is 6.23 Å².